The van der Waals surface area contributed by atoms with Gasteiger partial charge in [-0.05, 0) is 25.1 Å². The Kier molecular flexibility index (Phi) is 4.86. The van der Waals surface area contributed by atoms with Crippen molar-refractivity contribution in [3.63, 3.8) is 0 Å². The summed E-state index contributed by atoms with van der Waals surface area (Å²) in [5.41, 5.74) is 4.53. The molecule has 0 fully saturated rings. The van der Waals surface area contributed by atoms with E-state index in [4.69, 9.17) is 9.47 Å². The molecule has 0 spiro atoms. The third kappa shape index (κ3) is 3.06. The number of likely N-dealkylation sites (N-methyl/N-ethyl adjacent to an activating group) is 1. The summed E-state index contributed by atoms with van der Waals surface area (Å²) in [4.78, 5) is 2.44. The van der Waals surface area contributed by atoms with Gasteiger partial charge in [0.2, 0.25) is 0 Å². The molecule has 3 rings (SSSR count). The zero-order valence-electron chi connectivity index (χ0n) is 14.2. The van der Waals surface area contributed by atoms with Crippen LogP contribution < -0.4 is 9.47 Å². The van der Waals surface area contributed by atoms with E-state index in [1.165, 1.54) is 11.3 Å². The fourth-order valence-electron chi connectivity index (χ4n) is 3.06. The van der Waals surface area contributed by atoms with E-state index in [0.717, 1.165) is 55.2 Å². The first-order chi connectivity index (χ1) is 11.3. The van der Waals surface area contributed by atoms with Gasteiger partial charge in [0, 0.05) is 36.3 Å². The summed E-state index contributed by atoms with van der Waals surface area (Å²) in [6.45, 7) is 8.05. The molecule has 0 atom stereocenters. The predicted molar refractivity (Wildman–Crippen MR) is 91.0 cm³/mol. The molecule has 23 heavy (non-hydrogen) atoms. The zero-order valence-corrected chi connectivity index (χ0v) is 14.2. The minimum Gasteiger partial charge on any atom is -0.493 e. The van der Waals surface area contributed by atoms with Crippen LogP contribution in [0.4, 0.5) is 0 Å². The lowest BCUT2D eigenvalue weighted by molar-refractivity contribution is 0.267. The van der Waals surface area contributed by atoms with Gasteiger partial charge in [0.05, 0.1) is 13.7 Å². The van der Waals surface area contributed by atoms with Gasteiger partial charge in [-0.2, -0.15) is 5.10 Å². The Bertz CT molecular complexity index is 666. The number of hydrogen-bond acceptors (Lipinski definition) is 4. The molecule has 2 aromatic rings. The van der Waals surface area contributed by atoms with Crippen LogP contribution in [0.15, 0.2) is 18.2 Å². The van der Waals surface area contributed by atoms with Crippen molar-refractivity contribution in [1.29, 1.82) is 0 Å². The summed E-state index contributed by atoms with van der Waals surface area (Å²) in [6.07, 6.45) is 1.98. The molecular formula is C18H25N3O2. The molecule has 0 amide bonds. The summed E-state index contributed by atoms with van der Waals surface area (Å²) < 4.78 is 11.5. The first-order valence-electron chi connectivity index (χ1n) is 8.37. The monoisotopic (exact) mass is 315 g/mol. The number of ether oxygens (including phenoxy) is 2. The van der Waals surface area contributed by atoms with Crippen LogP contribution >= 0.6 is 0 Å². The van der Waals surface area contributed by atoms with Crippen LogP contribution in [0.3, 0.4) is 0 Å². The van der Waals surface area contributed by atoms with E-state index in [9.17, 15) is 0 Å². The summed E-state index contributed by atoms with van der Waals surface area (Å²) in [7, 11) is 1.68. The highest BCUT2D eigenvalue weighted by Gasteiger charge is 2.24. The van der Waals surface area contributed by atoms with Crippen LogP contribution in [0.2, 0.25) is 0 Å². The molecule has 1 aliphatic heterocycles. The van der Waals surface area contributed by atoms with E-state index < -0.39 is 0 Å². The molecule has 0 bridgehead atoms. The number of para-hydroxylation sites is 1. The van der Waals surface area contributed by atoms with Crippen LogP contribution in [0.5, 0.6) is 11.5 Å². The van der Waals surface area contributed by atoms with Gasteiger partial charge in [-0.25, -0.2) is 0 Å². The fraction of sp³-hybridized carbons (Fsp3) is 0.500. The van der Waals surface area contributed by atoms with E-state index in [2.05, 4.69) is 35.0 Å². The van der Waals surface area contributed by atoms with Crippen molar-refractivity contribution < 1.29 is 9.47 Å². The van der Waals surface area contributed by atoms with E-state index in [0.29, 0.717) is 6.61 Å². The SMILES string of the molecule is CCCOc1c(OC)cccc1-c1n[nH]c2c1CN(CC)CC2. The average molecular weight is 315 g/mol. The number of nitrogens with one attached hydrogen (secondary N) is 1. The topological polar surface area (TPSA) is 50.4 Å². The van der Waals surface area contributed by atoms with Gasteiger partial charge in [0.15, 0.2) is 11.5 Å². The molecule has 5 heteroatoms. The van der Waals surface area contributed by atoms with Crippen molar-refractivity contribution in [3.8, 4) is 22.8 Å². The smallest absolute Gasteiger partial charge is 0.170 e. The molecule has 5 nitrogen and oxygen atoms in total. The number of benzene rings is 1. The number of aromatic nitrogens is 2. The van der Waals surface area contributed by atoms with Crippen LogP contribution in [-0.4, -0.2) is 41.9 Å². The molecule has 1 aromatic carbocycles. The lowest BCUT2D eigenvalue weighted by Gasteiger charge is -2.25. The van der Waals surface area contributed by atoms with Gasteiger partial charge >= 0.3 is 0 Å². The van der Waals surface area contributed by atoms with E-state index in [1.807, 2.05) is 12.1 Å². The number of nitrogens with zero attached hydrogens (tertiary/aromatic N) is 2. The molecule has 0 saturated carbocycles. The Labute approximate surface area is 137 Å². The molecule has 1 N–H and O–H groups in total. The molecule has 0 unspecified atom stereocenters. The number of rotatable bonds is 6. The third-order valence-corrected chi connectivity index (χ3v) is 4.36. The number of methoxy groups -OCH3 is 1. The lowest BCUT2D eigenvalue weighted by Crippen LogP contribution is -2.30. The highest BCUT2D eigenvalue weighted by atomic mass is 16.5. The predicted octanol–water partition coefficient (Wildman–Crippen LogP) is 3.25. The molecule has 0 saturated heterocycles. The number of hydrogen-bond donors (Lipinski definition) is 1. The average Bonchev–Trinajstić information content (AvgIpc) is 3.02. The van der Waals surface area contributed by atoms with E-state index >= 15 is 0 Å². The van der Waals surface area contributed by atoms with Gasteiger partial charge in [-0.1, -0.05) is 19.9 Å². The first kappa shape index (κ1) is 15.9. The minimum absolute atomic E-state index is 0.668. The van der Waals surface area contributed by atoms with Crippen molar-refractivity contribution in [2.45, 2.75) is 33.2 Å². The van der Waals surface area contributed by atoms with E-state index in [1.54, 1.807) is 7.11 Å². The van der Waals surface area contributed by atoms with Crippen molar-refractivity contribution in [2.75, 3.05) is 26.8 Å². The molecular weight excluding hydrogens is 290 g/mol. The molecule has 2 heterocycles. The summed E-state index contributed by atoms with van der Waals surface area (Å²) in [6, 6.07) is 6.00. The van der Waals surface area contributed by atoms with Crippen molar-refractivity contribution in [3.05, 3.63) is 29.5 Å². The fourth-order valence-corrected chi connectivity index (χ4v) is 3.06. The Hall–Kier alpha value is -2.01. The van der Waals surface area contributed by atoms with Crippen LogP contribution in [0.25, 0.3) is 11.3 Å². The van der Waals surface area contributed by atoms with Gasteiger partial charge in [0.25, 0.3) is 0 Å². The van der Waals surface area contributed by atoms with Gasteiger partial charge in [-0.3, -0.25) is 10.00 Å². The summed E-state index contributed by atoms with van der Waals surface area (Å²) >= 11 is 0. The summed E-state index contributed by atoms with van der Waals surface area (Å²) in [5.74, 6) is 1.55. The van der Waals surface area contributed by atoms with Gasteiger partial charge in [0.1, 0.15) is 5.69 Å². The number of fused-ring (bicyclic) bond motifs is 1. The maximum atomic E-state index is 5.98. The highest BCUT2D eigenvalue weighted by Crippen LogP contribution is 2.40. The van der Waals surface area contributed by atoms with Crippen molar-refractivity contribution in [2.24, 2.45) is 0 Å². The van der Waals surface area contributed by atoms with Crippen molar-refractivity contribution >= 4 is 0 Å². The second-order valence-electron chi connectivity index (χ2n) is 5.83. The second-order valence-corrected chi connectivity index (χ2v) is 5.83. The maximum absolute atomic E-state index is 5.98. The highest BCUT2D eigenvalue weighted by molar-refractivity contribution is 5.74. The van der Waals surface area contributed by atoms with Crippen LogP contribution in [0, 0.1) is 0 Å². The Morgan fingerprint density at radius 1 is 1.30 bits per heavy atom. The summed E-state index contributed by atoms with van der Waals surface area (Å²) in [5, 5.41) is 7.81. The molecule has 1 aliphatic rings. The number of H-pyrrole nitrogens is 1. The molecule has 1 aromatic heterocycles. The molecule has 0 aliphatic carbocycles. The Balaban J connectivity index is 2.04. The minimum atomic E-state index is 0.668. The largest absolute Gasteiger partial charge is 0.493 e. The normalized spacial score (nSPS) is 14.6. The van der Waals surface area contributed by atoms with E-state index in [-0.39, 0.29) is 0 Å². The molecule has 124 valence electrons. The zero-order chi connectivity index (χ0) is 16.2. The Morgan fingerprint density at radius 2 is 2.17 bits per heavy atom. The van der Waals surface area contributed by atoms with Gasteiger partial charge < -0.3 is 9.47 Å². The standard InChI is InChI=1S/C18H25N3O2/c1-4-11-23-18-13(7-6-8-16(18)22-3)17-14-12-21(5-2)10-9-15(14)19-20-17/h6-8H,4-5,9-12H2,1-3H3,(H,19,20). The first-order valence-corrected chi connectivity index (χ1v) is 8.37. The Morgan fingerprint density at radius 3 is 2.91 bits per heavy atom. The van der Waals surface area contributed by atoms with Crippen LogP contribution in [-0.2, 0) is 13.0 Å². The lowest BCUT2D eigenvalue weighted by atomic mass is 10.00. The third-order valence-electron chi connectivity index (χ3n) is 4.36. The molecule has 0 radical (unpaired) electrons. The van der Waals surface area contributed by atoms with Crippen molar-refractivity contribution in [1.82, 2.24) is 15.1 Å². The maximum Gasteiger partial charge on any atom is 0.170 e. The van der Waals surface area contributed by atoms with Gasteiger partial charge in [-0.15, -0.1) is 0 Å². The van der Waals surface area contributed by atoms with Crippen LogP contribution in [0.1, 0.15) is 31.5 Å². The second kappa shape index (κ2) is 7.04. The number of aromatic amines is 1. The quantitative estimate of drug-likeness (QED) is 0.889.